The van der Waals surface area contributed by atoms with E-state index in [1.54, 1.807) is 6.20 Å². The van der Waals surface area contributed by atoms with Crippen LogP contribution in [0.15, 0.2) is 6.20 Å². The third kappa shape index (κ3) is 1.37. The lowest BCUT2D eigenvalue weighted by atomic mass is 10.2. The van der Waals surface area contributed by atoms with Crippen molar-refractivity contribution in [3.63, 3.8) is 0 Å². The number of ether oxygens (including phenoxy) is 1. The topological polar surface area (TPSA) is 35.0 Å². The molecule has 12 heavy (non-hydrogen) atoms. The molecule has 0 bridgehead atoms. The smallest absolute Gasteiger partial charge is 0.317 e. The van der Waals surface area contributed by atoms with Gasteiger partial charge >= 0.3 is 6.01 Å². The average molecular weight is 185 g/mol. The molecule has 0 aliphatic heterocycles. The fourth-order valence-corrected chi connectivity index (χ4v) is 1.40. The summed E-state index contributed by atoms with van der Waals surface area (Å²) in [5, 5.41) is 0.532. The van der Waals surface area contributed by atoms with Crippen molar-refractivity contribution in [3.05, 3.63) is 16.9 Å². The van der Waals surface area contributed by atoms with Crippen LogP contribution in [0.25, 0.3) is 0 Å². The van der Waals surface area contributed by atoms with Gasteiger partial charge in [-0.15, -0.1) is 0 Å². The van der Waals surface area contributed by atoms with E-state index in [9.17, 15) is 0 Å². The van der Waals surface area contributed by atoms with Crippen LogP contribution >= 0.6 is 11.6 Å². The Hall–Kier alpha value is -0.830. The number of hydrogen-bond donors (Lipinski definition) is 0. The first-order valence-corrected chi connectivity index (χ1v) is 4.25. The molecule has 1 saturated carbocycles. The van der Waals surface area contributed by atoms with Gasteiger partial charge in [0.1, 0.15) is 5.15 Å². The van der Waals surface area contributed by atoms with Gasteiger partial charge in [0.25, 0.3) is 0 Å². The summed E-state index contributed by atoms with van der Waals surface area (Å²) in [5.41, 5.74) is 1.05. The highest BCUT2D eigenvalue weighted by Crippen LogP contribution is 2.42. The largest absolute Gasteiger partial charge is 0.467 e. The van der Waals surface area contributed by atoms with Crippen molar-refractivity contribution in [1.82, 2.24) is 9.97 Å². The van der Waals surface area contributed by atoms with E-state index >= 15 is 0 Å². The zero-order valence-corrected chi connectivity index (χ0v) is 7.51. The Morgan fingerprint density at radius 1 is 1.58 bits per heavy atom. The zero-order chi connectivity index (χ0) is 8.55. The number of rotatable bonds is 2. The number of hydrogen-bond acceptors (Lipinski definition) is 3. The fourth-order valence-electron chi connectivity index (χ4n) is 1.12. The van der Waals surface area contributed by atoms with E-state index in [0.29, 0.717) is 17.1 Å². The van der Waals surface area contributed by atoms with Crippen LogP contribution in [-0.2, 0) is 0 Å². The Balaban J connectivity index is 2.32. The minimum atomic E-state index is 0.337. The summed E-state index contributed by atoms with van der Waals surface area (Å²) in [6.07, 6.45) is 4.16. The quantitative estimate of drug-likeness (QED) is 0.660. The lowest BCUT2D eigenvalue weighted by molar-refractivity contribution is 0.379. The molecular weight excluding hydrogens is 176 g/mol. The molecule has 0 atom stereocenters. The van der Waals surface area contributed by atoms with Crippen molar-refractivity contribution in [3.8, 4) is 6.01 Å². The molecule has 1 aliphatic carbocycles. The fraction of sp³-hybridized carbons (Fsp3) is 0.500. The van der Waals surface area contributed by atoms with Gasteiger partial charge in [0.05, 0.1) is 7.11 Å². The Bertz CT molecular complexity index is 299. The Labute approximate surface area is 75.7 Å². The van der Waals surface area contributed by atoms with Gasteiger partial charge in [0.2, 0.25) is 0 Å². The summed E-state index contributed by atoms with van der Waals surface area (Å²) in [5.74, 6) is 0.586. The van der Waals surface area contributed by atoms with Gasteiger partial charge in [-0.25, -0.2) is 4.98 Å². The van der Waals surface area contributed by atoms with Gasteiger partial charge in [-0.2, -0.15) is 4.98 Å². The molecule has 0 amide bonds. The molecule has 4 heteroatoms. The molecule has 0 N–H and O–H groups in total. The predicted molar refractivity (Wildman–Crippen MR) is 45.6 cm³/mol. The molecular formula is C8H9ClN2O. The highest BCUT2D eigenvalue weighted by molar-refractivity contribution is 6.30. The third-order valence-corrected chi connectivity index (χ3v) is 2.25. The zero-order valence-electron chi connectivity index (χ0n) is 6.75. The molecule has 1 heterocycles. The summed E-state index contributed by atoms with van der Waals surface area (Å²) in [4.78, 5) is 7.99. The standard InChI is InChI=1S/C8H9ClN2O/c1-12-8-10-4-6(5-2-3-5)7(9)11-8/h4-5H,2-3H2,1H3. The van der Waals surface area contributed by atoms with Crippen LogP contribution in [-0.4, -0.2) is 17.1 Å². The number of nitrogens with zero attached hydrogens (tertiary/aromatic N) is 2. The van der Waals surface area contributed by atoms with Gasteiger partial charge in [0, 0.05) is 11.8 Å². The number of aromatic nitrogens is 2. The highest BCUT2D eigenvalue weighted by Gasteiger charge is 2.26. The van der Waals surface area contributed by atoms with Crippen LogP contribution < -0.4 is 4.74 Å². The SMILES string of the molecule is COc1ncc(C2CC2)c(Cl)n1. The van der Waals surface area contributed by atoms with E-state index in [2.05, 4.69) is 9.97 Å². The van der Waals surface area contributed by atoms with E-state index < -0.39 is 0 Å². The summed E-state index contributed by atoms with van der Waals surface area (Å²) in [6, 6.07) is 0.337. The Morgan fingerprint density at radius 3 is 2.83 bits per heavy atom. The van der Waals surface area contributed by atoms with Crippen molar-refractivity contribution in [2.75, 3.05) is 7.11 Å². The van der Waals surface area contributed by atoms with Crippen LogP contribution in [0.5, 0.6) is 6.01 Å². The van der Waals surface area contributed by atoms with Gasteiger partial charge in [0.15, 0.2) is 0 Å². The normalized spacial score (nSPS) is 16.2. The first-order chi connectivity index (χ1) is 5.81. The molecule has 0 spiro atoms. The van der Waals surface area contributed by atoms with Gasteiger partial charge in [-0.05, 0) is 18.8 Å². The molecule has 3 nitrogen and oxygen atoms in total. The van der Waals surface area contributed by atoms with Crippen LogP contribution in [0.4, 0.5) is 0 Å². The van der Waals surface area contributed by atoms with Crippen LogP contribution in [0, 0.1) is 0 Å². The van der Waals surface area contributed by atoms with E-state index in [1.165, 1.54) is 20.0 Å². The lowest BCUT2D eigenvalue weighted by Crippen LogP contribution is -1.94. The molecule has 1 aliphatic rings. The Kier molecular flexibility index (Phi) is 1.89. The van der Waals surface area contributed by atoms with Crippen molar-refractivity contribution < 1.29 is 4.74 Å². The first-order valence-electron chi connectivity index (χ1n) is 3.87. The van der Waals surface area contributed by atoms with Gasteiger partial charge in [-0.1, -0.05) is 11.6 Å². The number of halogens is 1. The second-order valence-corrected chi connectivity index (χ2v) is 3.24. The lowest BCUT2D eigenvalue weighted by Gasteiger charge is -2.01. The molecule has 0 aromatic carbocycles. The van der Waals surface area contributed by atoms with Crippen LogP contribution in [0.2, 0.25) is 5.15 Å². The maximum absolute atomic E-state index is 5.91. The van der Waals surface area contributed by atoms with E-state index in [0.717, 1.165) is 5.56 Å². The van der Waals surface area contributed by atoms with Crippen molar-refractivity contribution in [1.29, 1.82) is 0 Å². The maximum Gasteiger partial charge on any atom is 0.317 e. The first kappa shape index (κ1) is 7.80. The highest BCUT2D eigenvalue weighted by atomic mass is 35.5. The molecule has 0 radical (unpaired) electrons. The van der Waals surface area contributed by atoms with E-state index in [-0.39, 0.29) is 0 Å². The molecule has 1 aromatic heterocycles. The Morgan fingerprint density at radius 2 is 2.33 bits per heavy atom. The summed E-state index contributed by atoms with van der Waals surface area (Å²) in [6.45, 7) is 0. The monoisotopic (exact) mass is 184 g/mol. The predicted octanol–water partition coefficient (Wildman–Crippen LogP) is 2.02. The molecule has 1 aromatic rings. The van der Waals surface area contributed by atoms with Crippen molar-refractivity contribution in [2.24, 2.45) is 0 Å². The van der Waals surface area contributed by atoms with Crippen molar-refractivity contribution in [2.45, 2.75) is 18.8 Å². The van der Waals surface area contributed by atoms with Gasteiger partial charge < -0.3 is 4.74 Å². The summed E-state index contributed by atoms with van der Waals surface area (Å²) >= 11 is 5.91. The minimum Gasteiger partial charge on any atom is -0.467 e. The van der Waals surface area contributed by atoms with Crippen molar-refractivity contribution >= 4 is 11.6 Å². The molecule has 64 valence electrons. The van der Waals surface area contributed by atoms with E-state index in [1.807, 2.05) is 0 Å². The molecule has 0 saturated heterocycles. The average Bonchev–Trinajstić information content (AvgIpc) is 2.87. The van der Waals surface area contributed by atoms with Crippen LogP contribution in [0.1, 0.15) is 24.3 Å². The summed E-state index contributed by atoms with van der Waals surface area (Å²) < 4.78 is 4.84. The molecule has 0 unspecified atom stereocenters. The molecule has 2 rings (SSSR count). The molecule has 1 fully saturated rings. The van der Waals surface area contributed by atoms with Crippen LogP contribution in [0.3, 0.4) is 0 Å². The maximum atomic E-state index is 5.91. The number of methoxy groups -OCH3 is 1. The van der Waals surface area contributed by atoms with E-state index in [4.69, 9.17) is 16.3 Å². The summed E-state index contributed by atoms with van der Waals surface area (Å²) in [7, 11) is 1.53. The minimum absolute atomic E-state index is 0.337. The van der Waals surface area contributed by atoms with Gasteiger partial charge in [-0.3, -0.25) is 0 Å². The third-order valence-electron chi connectivity index (χ3n) is 1.95. The second-order valence-electron chi connectivity index (χ2n) is 2.88. The second kappa shape index (κ2) is 2.90.